The van der Waals surface area contributed by atoms with E-state index in [4.69, 9.17) is 5.11 Å². The lowest BCUT2D eigenvalue weighted by atomic mass is 10.2. The zero-order valence-electron chi connectivity index (χ0n) is 9.89. The molecule has 0 radical (unpaired) electrons. The van der Waals surface area contributed by atoms with E-state index in [0.717, 1.165) is 5.69 Å². The molecule has 0 atom stereocenters. The van der Waals surface area contributed by atoms with Crippen LogP contribution in [-0.4, -0.2) is 29.1 Å². The van der Waals surface area contributed by atoms with Gasteiger partial charge in [0.1, 0.15) is 11.4 Å². The molecule has 1 heterocycles. The van der Waals surface area contributed by atoms with E-state index in [-0.39, 0.29) is 5.56 Å². The SMILES string of the molecule is C=CCN(CC=C)c1nc(C)ccc1C(=O)O. The van der Waals surface area contributed by atoms with Gasteiger partial charge in [-0.15, -0.1) is 13.2 Å². The quantitative estimate of drug-likeness (QED) is 0.764. The van der Waals surface area contributed by atoms with Crippen LogP contribution in [0.15, 0.2) is 37.4 Å². The van der Waals surface area contributed by atoms with E-state index in [0.29, 0.717) is 18.9 Å². The average Bonchev–Trinajstić information content (AvgIpc) is 2.28. The maximum absolute atomic E-state index is 11.1. The van der Waals surface area contributed by atoms with E-state index in [1.54, 1.807) is 24.3 Å². The van der Waals surface area contributed by atoms with Gasteiger partial charge in [-0.2, -0.15) is 0 Å². The second-order valence-corrected chi connectivity index (χ2v) is 3.61. The molecule has 0 aromatic carbocycles. The number of carboxylic acid groups (broad SMARTS) is 1. The molecule has 1 aromatic heterocycles. The maximum Gasteiger partial charge on any atom is 0.339 e. The summed E-state index contributed by atoms with van der Waals surface area (Å²) in [6.45, 7) is 10.2. The largest absolute Gasteiger partial charge is 0.478 e. The van der Waals surface area contributed by atoms with Crippen molar-refractivity contribution in [1.82, 2.24) is 4.98 Å². The first kappa shape index (κ1) is 13.0. The minimum atomic E-state index is -0.981. The molecule has 0 unspecified atom stereocenters. The Labute approximate surface area is 101 Å². The van der Waals surface area contributed by atoms with Crippen molar-refractivity contribution < 1.29 is 9.90 Å². The van der Waals surface area contributed by atoms with Crippen LogP contribution in [0.2, 0.25) is 0 Å². The van der Waals surface area contributed by atoms with Crippen LogP contribution in [-0.2, 0) is 0 Å². The normalized spacial score (nSPS) is 9.71. The molecule has 17 heavy (non-hydrogen) atoms. The van der Waals surface area contributed by atoms with Crippen molar-refractivity contribution in [3.8, 4) is 0 Å². The molecule has 1 N–H and O–H groups in total. The summed E-state index contributed by atoms with van der Waals surface area (Å²) in [7, 11) is 0. The third-order valence-electron chi connectivity index (χ3n) is 2.24. The van der Waals surface area contributed by atoms with Gasteiger partial charge in [0.15, 0.2) is 0 Å². The minimum Gasteiger partial charge on any atom is -0.478 e. The van der Waals surface area contributed by atoms with Gasteiger partial charge >= 0.3 is 5.97 Å². The van der Waals surface area contributed by atoms with Gasteiger partial charge < -0.3 is 10.0 Å². The molecule has 1 aromatic rings. The van der Waals surface area contributed by atoms with Gasteiger partial charge in [0.05, 0.1) is 0 Å². The molecule has 90 valence electrons. The van der Waals surface area contributed by atoms with Gasteiger partial charge in [-0.25, -0.2) is 9.78 Å². The molecule has 0 saturated carbocycles. The highest BCUT2D eigenvalue weighted by Gasteiger charge is 2.16. The third-order valence-corrected chi connectivity index (χ3v) is 2.24. The number of rotatable bonds is 6. The van der Waals surface area contributed by atoms with Crippen molar-refractivity contribution >= 4 is 11.8 Å². The molecule has 0 aliphatic carbocycles. The van der Waals surface area contributed by atoms with Crippen molar-refractivity contribution in [3.05, 3.63) is 48.7 Å². The van der Waals surface area contributed by atoms with Gasteiger partial charge in [-0.1, -0.05) is 12.2 Å². The smallest absolute Gasteiger partial charge is 0.339 e. The summed E-state index contributed by atoms with van der Waals surface area (Å²) in [5.41, 5.74) is 0.974. The van der Waals surface area contributed by atoms with Gasteiger partial charge in [-0.05, 0) is 19.1 Å². The lowest BCUT2D eigenvalue weighted by Crippen LogP contribution is -2.26. The molecule has 0 aliphatic heterocycles. The van der Waals surface area contributed by atoms with Crippen molar-refractivity contribution in [3.63, 3.8) is 0 Å². The molecule has 0 fully saturated rings. The van der Waals surface area contributed by atoms with Crippen LogP contribution in [0, 0.1) is 6.92 Å². The summed E-state index contributed by atoms with van der Waals surface area (Å²) in [5, 5.41) is 9.12. The summed E-state index contributed by atoms with van der Waals surface area (Å²) < 4.78 is 0. The predicted octanol–water partition coefficient (Wildman–Crippen LogP) is 2.27. The van der Waals surface area contributed by atoms with Crippen LogP contribution in [0.25, 0.3) is 0 Å². The highest BCUT2D eigenvalue weighted by Crippen LogP contribution is 2.18. The summed E-state index contributed by atoms with van der Waals surface area (Å²) in [4.78, 5) is 17.2. The second kappa shape index (κ2) is 5.84. The fraction of sp³-hybridized carbons (Fsp3) is 0.231. The second-order valence-electron chi connectivity index (χ2n) is 3.61. The van der Waals surface area contributed by atoms with Crippen molar-refractivity contribution in [2.45, 2.75) is 6.92 Å². The Hall–Kier alpha value is -2.10. The molecule has 0 saturated heterocycles. The number of hydrogen-bond donors (Lipinski definition) is 1. The molecule has 0 aliphatic rings. The number of aromatic carboxylic acids is 1. The third kappa shape index (κ3) is 3.17. The first-order chi connectivity index (χ1) is 8.10. The zero-order chi connectivity index (χ0) is 12.8. The number of carbonyl (C=O) groups is 1. The molecule has 0 spiro atoms. The first-order valence-electron chi connectivity index (χ1n) is 5.27. The first-order valence-corrected chi connectivity index (χ1v) is 5.27. The molecular formula is C13H16N2O2. The zero-order valence-corrected chi connectivity index (χ0v) is 9.89. The Balaban J connectivity index is 3.22. The summed E-state index contributed by atoms with van der Waals surface area (Å²) in [6, 6.07) is 3.26. The topological polar surface area (TPSA) is 53.4 Å². The Morgan fingerprint density at radius 2 is 2.00 bits per heavy atom. The van der Waals surface area contributed by atoms with Crippen LogP contribution in [0.1, 0.15) is 16.1 Å². The standard InChI is InChI=1S/C13H16N2O2/c1-4-8-15(9-5-2)12-11(13(16)17)7-6-10(3)14-12/h4-7H,1-2,8-9H2,3H3,(H,16,17). The van der Waals surface area contributed by atoms with Crippen molar-refractivity contribution in [2.24, 2.45) is 0 Å². The maximum atomic E-state index is 11.1. The number of carboxylic acids is 1. The Bertz CT molecular complexity index is 431. The van der Waals surface area contributed by atoms with E-state index in [2.05, 4.69) is 18.1 Å². The van der Waals surface area contributed by atoms with E-state index in [1.165, 1.54) is 0 Å². The summed E-state index contributed by atoms with van der Waals surface area (Å²) in [6.07, 6.45) is 3.41. The van der Waals surface area contributed by atoms with Crippen molar-refractivity contribution in [1.29, 1.82) is 0 Å². The number of aryl methyl sites for hydroxylation is 1. The summed E-state index contributed by atoms with van der Waals surface area (Å²) in [5.74, 6) is -0.525. The van der Waals surface area contributed by atoms with Crippen molar-refractivity contribution in [2.75, 3.05) is 18.0 Å². The highest BCUT2D eigenvalue weighted by molar-refractivity contribution is 5.93. The number of hydrogen-bond acceptors (Lipinski definition) is 3. The van der Waals surface area contributed by atoms with Gasteiger partial charge in [0.25, 0.3) is 0 Å². The Kier molecular flexibility index (Phi) is 4.46. The van der Waals surface area contributed by atoms with E-state index in [1.807, 2.05) is 11.8 Å². The lowest BCUT2D eigenvalue weighted by Gasteiger charge is -2.22. The molecule has 4 nitrogen and oxygen atoms in total. The average molecular weight is 232 g/mol. The number of aromatic nitrogens is 1. The molecule has 1 rings (SSSR count). The number of pyridine rings is 1. The molecule has 0 bridgehead atoms. The lowest BCUT2D eigenvalue weighted by molar-refractivity contribution is 0.0697. The Morgan fingerprint density at radius 1 is 1.41 bits per heavy atom. The van der Waals surface area contributed by atoms with Crippen LogP contribution in [0.3, 0.4) is 0 Å². The minimum absolute atomic E-state index is 0.194. The van der Waals surface area contributed by atoms with Crippen LogP contribution in [0.4, 0.5) is 5.82 Å². The fourth-order valence-electron chi connectivity index (χ4n) is 1.51. The number of anilines is 1. The van der Waals surface area contributed by atoms with E-state index < -0.39 is 5.97 Å². The highest BCUT2D eigenvalue weighted by atomic mass is 16.4. The van der Waals surface area contributed by atoms with E-state index >= 15 is 0 Å². The molecule has 4 heteroatoms. The van der Waals surface area contributed by atoms with Crippen LogP contribution >= 0.6 is 0 Å². The molecule has 0 amide bonds. The fourth-order valence-corrected chi connectivity index (χ4v) is 1.51. The van der Waals surface area contributed by atoms with Gasteiger partial charge in [-0.3, -0.25) is 0 Å². The van der Waals surface area contributed by atoms with Gasteiger partial charge in [0.2, 0.25) is 0 Å². The van der Waals surface area contributed by atoms with Crippen LogP contribution < -0.4 is 4.90 Å². The van der Waals surface area contributed by atoms with E-state index in [9.17, 15) is 4.79 Å². The van der Waals surface area contributed by atoms with Gasteiger partial charge in [0, 0.05) is 18.8 Å². The Morgan fingerprint density at radius 3 is 2.47 bits per heavy atom. The number of nitrogens with zero attached hydrogens (tertiary/aromatic N) is 2. The summed E-state index contributed by atoms with van der Waals surface area (Å²) >= 11 is 0. The monoisotopic (exact) mass is 232 g/mol. The van der Waals surface area contributed by atoms with Crippen LogP contribution in [0.5, 0.6) is 0 Å². The molecular weight excluding hydrogens is 216 g/mol. The predicted molar refractivity (Wildman–Crippen MR) is 68.5 cm³/mol.